The predicted molar refractivity (Wildman–Crippen MR) is 133 cm³/mol. The molecule has 0 aliphatic heterocycles. The Hall–Kier alpha value is -3.93. The van der Waals surface area contributed by atoms with Gasteiger partial charge >= 0.3 is 0 Å². The van der Waals surface area contributed by atoms with Crippen LogP contribution < -0.4 is 15.8 Å². The molecule has 0 aliphatic carbocycles. The van der Waals surface area contributed by atoms with E-state index in [1.165, 1.54) is 5.56 Å². The van der Waals surface area contributed by atoms with Crippen molar-refractivity contribution in [3.8, 4) is 5.69 Å². The van der Waals surface area contributed by atoms with Gasteiger partial charge in [-0.15, -0.1) is 0 Å². The molecule has 6 heteroatoms. The van der Waals surface area contributed by atoms with Crippen LogP contribution in [-0.2, 0) is 6.54 Å². The molecular weight excluding hydrogens is 412 g/mol. The van der Waals surface area contributed by atoms with Gasteiger partial charge in [0.15, 0.2) is 0 Å². The van der Waals surface area contributed by atoms with Crippen molar-refractivity contribution in [1.29, 1.82) is 0 Å². The maximum absolute atomic E-state index is 13.5. The Morgan fingerprint density at radius 1 is 0.970 bits per heavy atom. The number of para-hydroxylation sites is 1. The van der Waals surface area contributed by atoms with E-state index in [2.05, 4.69) is 5.32 Å². The number of aromatic nitrogens is 2. The fourth-order valence-electron chi connectivity index (χ4n) is 3.83. The first kappa shape index (κ1) is 22.3. The first-order valence-corrected chi connectivity index (χ1v) is 11.2. The van der Waals surface area contributed by atoms with Gasteiger partial charge in [-0.05, 0) is 56.7 Å². The molecule has 4 rings (SSSR count). The molecule has 0 saturated heterocycles. The van der Waals surface area contributed by atoms with Crippen LogP contribution in [-0.4, -0.2) is 28.5 Å². The summed E-state index contributed by atoms with van der Waals surface area (Å²) >= 11 is 0. The Morgan fingerprint density at radius 3 is 2.33 bits per heavy atom. The van der Waals surface area contributed by atoms with Crippen LogP contribution in [0.15, 0.2) is 77.6 Å². The Balaban J connectivity index is 1.73. The Bertz CT molecular complexity index is 1320. The fraction of sp³-hybridized carbons (Fsp3) is 0.222. The van der Waals surface area contributed by atoms with Gasteiger partial charge in [-0.2, -0.15) is 0 Å². The largest absolute Gasteiger partial charge is 0.348 e. The maximum atomic E-state index is 13.5. The number of carbonyl (C=O) groups excluding carboxylic acids is 1. The highest BCUT2D eigenvalue weighted by atomic mass is 16.1. The average molecular weight is 441 g/mol. The molecule has 0 atom stereocenters. The monoisotopic (exact) mass is 440 g/mol. The molecule has 0 bridgehead atoms. The molecule has 0 spiro atoms. The molecule has 0 radical (unpaired) electrons. The second-order valence-electron chi connectivity index (χ2n) is 7.96. The number of carbonyl (C=O) groups is 1. The van der Waals surface area contributed by atoms with E-state index in [0.717, 1.165) is 11.3 Å². The second-order valence-corrected chi connectivity index (χ2v) is 7.96. The molecule has 1 aromatic heterocycles. The van der Waals surface area contributed by atoms with Crippen molar-refractivity contribution >= 4 is 22.8 Å². The van der Waals surface area contributed by atoms with Crippen molar-refractivity contribution in [3.05, 3.63) is 99.8 Å². The minimum absolute atomic E-state index is 0.153. The molecule has 168 valence electrons. The van der Waals surface area contributed by atoms with Crippen LogP contribution in [0.3, 0.4) is 0 Å². The number of aryl methyl sites for hydroxylation is 1. The van der Waals surface area contributed by atoms with Crippen LogP contribution in [0.2, 0.25) is 0 Å². The lowest BCUT2D eigenvalue weighted by molar-refractivity contribution is 0.0951. The molecular formula is C27H28N4O2. The van der Waals surface area contributed by atoms with Gasteiger partial charge in [-0.3, -0.25) is 9.59 Å². The molecule has 3 aromatic carbocycles. The standard InChI is InChI=1S/C27H28N4O2/c1-4-30(5-2)27-29-24-17-21(25(32)28-18-20-13-11-19(3)12-14-20)15-16-23(24)26(33)31(27)22-9-7-6-8-10-22/h6-17H,4-5,18H2,1-3H3,(H,28,32). The van der Waals surface area contributed by atoms with E-state index in [1.54, 1.807) is 22.8 Å². The summed E-state index contributed by atoms with van der Waals surface area (Å²) in [4.78, 5) is 33.2. The summed E-state index contributed by atoms with van der Waals surface area (Å²) in [5, 5.41) is 3.43. The number of fused-ring (bicyclic) bond motifs is 1. The number of rotatable bonds is 7. The van der Waals surface area contributed by atoms with Crippen molar-refractivity contribution in [1.82, 2.24) is 14.9 Å². The Kier molecular flexibility index (Phi) is 6.54. The third kappa shape index (κ3) is 4.65. The van der Waals surface area contributed by atoms with E-state index < -0.39 is 0 Å². The summed E-state index contributed by atoms with van der Waals surface area (Å²) in [6, 6.07) is 22.6. The number of anilines is 1. The van der Waals surface area contributed by atoms with Crippen molar-refractivity contribution in [2.45, 2.75) is 27.3 Å². The van der Waals surface area contributed by atoms with Gasteiger partial charge in [0.2, 0.25) is 5.95 Å². The number of benzene rings is 3. The van der Waals surface area contributed by atoms with E-state index in [1.807, 2.05) is 80.3 Å². The molecule has 1 heterocycles. The summed E-state index contributed by atoms with van der Waals surface area (Å²) in [5.41, 5.74) is 3.80. The predicted octanol–water partition coefficient (Wildman–Crippen LogP) is 4.47. The van der Waals surface area contributed by atoms with Gasteiger partial charge in [-0.25, -0.2) is 9.55 Å². The summed E-state index contributed by atoms with van der Waals surface area (Å²) in [6.45, 7) is 7.94. The average Bonchev–Trinajstić information content (AvgIpc) is 2.84. The highest BCUT2D eigenvalue weighted by molar-refractivity contribution is 5.97. The summed E-state index contributed by atoms with van der Waals surface area (Å²) < 4.78 is 1.65. The molecule has 0 saturated carbocycles. The van der Waals surface area contributed by atoms with E-state index in [-0.39, 0.29) is 11.5 Å². The van der Waals surface area contributed by atoms with Gasteiger partial charge in [0.25, 0.3) is 11.5 Å². The topological polar surface area (TPSA) is 67.2 Å². The van der Waals surface area contributed by atoms with E-state index >= 15 is 0 Å². The SMILES string of the molecule is CCN(CC)c1nc2cc(C(=O)NCc3ccc(C)cc3)ccc2c(=O)n1-c1ccccc1. The van der Waals surface area contributed by atoms with Gasteiger partial charge in [0.05, 0.1) is 16.6 Å². The highest BCUT2D eigenvalue weighted by Gasteiger charge is 2.18. The number of hydrogen-bond donors (Lipinski definition) is 1. The smallest absolute Gasteiger partial charge is 0.267 e. The van der Waals surface area contributed by atoms with Crippen molar-refractivity contribution < 1.29 is 4.79 Å². The Labute approximate surface area is 193 Å². The molecule has 0 aliphatic rings. The van der Waals surface area contributed by atoms with Crippen molar-refractivity contribution in [3.63, 3.8) is 0 Å². The fourth-order valence-corrected chi connectivity index (χ4v) is 3.83. The summed E-state index contributed by atoms with van der Waals surface area (Å²) in [6.07, 6.45) is 0. The van der Waals surface area contributed by atoms with Gasteiger partial charge in [-0.1, -0.05) is 48.0 Å². The molecule has 4 aromatic rings. The van der Waals surface area contributed by atoms with Gasteiger partial charge in [0, 0.05) is 25.2 Å². The van der Waals surface area contributed by atoms with Gasteiger partial charge in [0.1, 0.15) is 0 Å². The molecule has 0 unspecified atom stereocenters. The van der Waals surface area contributed by atoms with Crippen LogP contribution in [0.4, 0.5) is 5.95 Å². The van der Waals surface area contributed by atoms with E-state index in [4.69, 9.17) is 4.98 Å². The normalized spacial score (nSPS) is 10.9. The lowest BCUT2D eigenvalue weighted by Crippen LogP contribution is -2.32. The lowest BCUT2D eigenvalue weighted by Gasteiger charge is -2.24. The van der Waals surface area contributed by atoms with E-state index in [0.29, 0.717) is 42.0 Å². The molecule has 1 N–H and O–H groups in total. The molecule has 33 heavy (non-hydrogen) atoms. The van der Waals surface area contributed by atoms with Crippen LogP contribution in [0.1, 0.15) is 35.3 Å². The van der Waals surface area contributed by atoms with Crippen LogP contribution in [0.25, 0.3) is 16.6 Å². The van der Waals surface area contributed by atoms with Crippen LogP contribution in [0.5, 0.6) is 0 Å². The first-order chi connectivity index (χ1) is 16.0. The molecule has 0 fully saturated rings. The number of nitrogens with zero attached hydrogens (tertiary/aromatic N) is 3. The zero-order valence-electron chi connectivity index (χ0n) is 19.2. The minimum Gasteiger partial charge on any atom is -0.348 e. The third-order valence-electron chi connectivity index (χ3n) is 5.75. The van der Waals surface area contributed by atoms with Crippen LogP contribution in [0, 0.1) is 6.92 Å². The van der Waals surface area contributed by atoms with Gasteiger partial charge < -0.3 is 10.2 Å². The van der Waals surface area contributed by atoms with Crippen LogP contribution >= 0.6 is 0 Å². The van der Waals surface area contributed by atoms with E-state index in [9.17, 15) is 9.59 Å². The zero-order chi connectivity index (χ0) is 23.4. The lowest BCUT2D eigenvalue weighted by atomic mass is 10.1. The first-order valence-electron chi connectivity index (χ1n) is 11.2. The number of nitrogens with one attached hydrogen (secondary N) is 1. The summed E-state index contributed by atoms with van der Waals surface area (Å²) in [5.74, 6) is 0.372. The second kappa shape index (κ2) is 9.69. The highest BCUT2D eigenvalue weighted by Crippen LogP contribution is 2.20. The van der Waals surface area contributed by atoms with Crippen molar-refractivity contribution in [2.24, 2.45) is 0 Å². The number of amides is 1. The molecule has 1 amide bonds. The Morgan fingerprint density at radius 2 is 1.67 bits per heavy atom. The minimum atomic E-state index is -0.198. The number of hydrogen-bond acceptors (Lipinski definition) is 4. The zero-order valence-corrected chi connectivity index (χ0v) is 19.2. The maximum Gasteiger partial charge on any atom is 0.267 e. The van der Waals surface area contributed by atoms with Crippen molar-refractivity contribution in [2.75, 3.05) is 18.0 Å². The summed E-state index contributed by atoms with van der Waals surface area (Å²) in [7, 11) is 0. The molecule has 6 nitrogen and oxygen atoms in total. The third-order valence-corrected chi connectivity index (χ3v) is 5.75. The quantitative estimate of drug-likeness (QED) is 0.460.